The summed E-state index contributed by atoms with van der Waals surface area (Å²) in [6, 6.07) is 27.5. The molecule has 2 fully saturated rings. The van der Waals surface area contributed by atoms with E-state index in [0.717, 1.165) is 17.4 Å². The fourth-order valence-electron chi connectivity index (χ4n) is 5.98. The molecule has 25 heavy (non-hydrogen) atoms. The van der Waals surface area contributed by atoms with Crippen LogP contribution in [-0.4, -0.2) is 8.07 Å². The minimum absolute atomic E-state index is 0.902. The molecule has 0 aliphatic heterocycles. The second-order valence-electron chi connectivity index (χ2n) is 8.38. The Morgan fingerprint density at radius 2 is 1.52 bits per heavy atom. The summed E-state index contributed by atoms with van der Waals surface area (Å²) < 4.78 is 0. The summed E-state index contributed by atoms with van der Waals surface area (Å²) in [5.74, 6) is 1.96. The van der Waals surface area contributed by atoms with Gasteiger partial charge in [-0.15, -0.1) is 0 Å². The minimum atomic E-state index is -1.79. The lowest BCUT2D eigenvalue weighted by Gasteiger charge is -2.40. The Hall–Kier alpha value is -1.86. The highest BCUT2D eigenvalue weighted by atomic mass is 28.3. The maximum Gasteiger partial charge on any atom is 0.119 e. The van der Waals surface area contributed by atoms with Crippen molar-refractivity contribution in [2.45, 2.75) is 37.8 Å². The maximum absolute atomic E-state index is 2.66. The van der Waals surface area contributed by atoms with E-state index in [9.17, 15) is 0 Å². The van der Waals surface area contributed by atoms with E-state index in [2.05, 4.69) is 79.3 Å². The predicted molar refractivity (Wildman–Crippen MR) is 110 cm³/mol. The average Bonchev–Trinajstić information content (AvgIpc) is 3.31. The van der Waals surface area contributed by atoms with Gasteiger partial charge in [0.05, 0.1) is 0 Å². The zero-order valence-electron chi connectivity index (χ0n) is 15.0. The highest BCUT2D eigenvalue weighted by Gasteiger charge is 2.51. The van der Waals surface area contributed by atoms with Crippen LogP contribution in [-0.2, 0) is 0 Å². The summed E-state index contributed by atoms with van der Waals surface area (Å²) >= 11 is 0. The summed E-state index contributed by atoms with van der Waals surface area (Å²) in [5.41, 5.74) is 0.902. The molecule has 1 heteroatoms. The van der Waals surface area contributed by atoms with Crippen LogP contribution in [0.5, 0.6) is 0 Å². The molecule has 3 aromatic rings. The second kappa shape index (κ2) is 5.84. The molecule has 2 aliphatic carbocycles. The molecule has 0 aromatic heterocycles. The van der Waals surface area contributed by atoms with E-state index in [-0.39, 0.29) is 0 Å². The van der Waals surface area contributed by atoms with Crippen molar-refractivity contribution >= 4 is 29.2 Å². The van der Waals surface area contributed by atoms with Crippen molar-refractivity contribution in [1.29, 1.82) is 0 Å². The van der Waals surface area contributed by atoms with Gasteiger partial charge in [-0.05, 0) is 46.2 Å². The molecule has 2 saturated carbocycles. The van der Waals surface area contributed by atoms with Gasteiger partial charge in [0.1, 0.15) is 8.07 Å². The first-order chi connectivity index (χ1) is 12.3. The van der Waals surface area contributed by atoms with Gasteiger partial charge in [0, 0.05) is 0 Å². The molecule has 0 N–H and O–H groups in total. The molecule has 0 nitrogen and oxygen atoms in total. The third-order valence-corrected chi connectivity index (χ3v) is 12.5. The molecular weight excluding hydrogens is 316 g/mol. The van der Waals surface area contributed by atoms with E-state index in [1.807, 2.05) is 0 Å². The van der Waals surface area contributed by atoms with E-state index < -0.39 is 8.07 Å². The van der Waals surface area contributed by atoms with Crippen molar-refractivity contribution in [2.24, 2.45) is 11.8 Å². The van der Waals surface area contributed by atoms with Crippen LogP contribution in [0.25, 0.3) is 10.8 Å². The van der Waals surface area contributed by atoms with E-state index >= 15 is 0 Å². The first kappa shape index (κ1) is 15.4. The minimum Gasteiger partial charge on any atom is -0.0626 e. The molecular formula is C24H26Si. The maximum atomic E-state index is 2.66. The third kappa shape index (κ3) is 2.32. The Morgan fingerprint density at radius 3 is 2.28 bits per heavy atom. The Morgan fingerprint density at radius 1 is 0.760 bits per heavy atom. The average molecular weight is 343 g/mol. The number of hydrogen-bond acceptors (Lipinski definition) is 0. The highest BCUT2D eigenvalue weighted by Crippen LogP contribution is 2.55. The van der Waals surface area contributed by atoms with Crippen molar-refractivity contribution in [2.75, 3.05) is 0 Å². The fraction of sp³-hybridized carbons (Fsp3) is 0.333. The van der Waals surface area contributed by atoms with Crippen LogP contribution >= 0.6 is 0 Å². The third-order valence-electron chi connectivity index (χ3n) is 7.20. The van der Waals surface area contributed by atoms with E-state index in [1.165, 1.54) is 36.5 Å². The molecule has 2 aliphatic rings. The lowest BCUT2D eigenvalue weighted by atomic mass is 10.0. The van der Waals surface area contributed by atoms with Crippen LogP contribution in [0.4, 0.5) is 0 Å². The number of fused-ring (bicyclic) bond motifs is 3. The molecule has 0 spiro atoms. The normalized spacial score (nSPS) is 27.5. The van der Waals surface area contributed by atoms with Crippen LogP contribution in [0.2, 0.25) is 12.1 Å². The standard InChI is InChI=1S/C24H26Si/c1-25(21-10-3-2-4-11-21,24-17-18-14-15-20(24)16-18)23-13-7-9-19-8-5-6-12-22(19)23/h2-13,18,20,24H,14-17H2,1H3/t18?,20?,24?,25-/m1/s1. The van der Waals surface area contributed by atoms with Gasteiger partial charge in [0.15, 0.2) is 0 Å². The van der Waals surface area contributed by atoms with E-state index in [1.54, 1.807) is 10.4 Å². The number of rotatable bonds is 3. The molecule has 3 aromatic carbocycles. The van der Waals surface area contributed by atoms with Gasteiger partial charge in [-0.1, -0.05) is 97.4 Å². The molecule has 3 unspecified atom stereocenters. The predicted octanol–water partition coefficient (Wildman–Crippen LogP) is 5.22. The molecule has 0 heterocycles. The Labute approximate surface area is 151 Å². The molecule has 4 atom stereocenters. The monoisotopic (exact) mass is 342 g/mol. The molecule has 0 amide bonds. The largest absolute Gasteiger partial charge is 0.119 e. The number of benzene rings is 3. The lowest BCUT2D eigenvalue weighted by Crippen LogP contribution is -2.60. The second-order valence-corrected chi connectivity index (χ2v) is 12.6. The Bertz CT molecular complexity index is 895. The van der Waals surface area contributed by atoms with Gasteiger partial charge in [0.2, 0.25) is 0 Å². The smallest absolute Gasteiger partial charge is 0.0626 e. The Kier molecular flexibility index (Phi) is 3.60. The number of hydrogen-bond donors (Lipinski definition) is 0. The molecule has 0 radical (unpaired) electrons. The Balaban J connectivity index is 1.75. The van der Waals surface area contributed by atoms with Gasteiger partial charge >= 0.3 is 0 Å². The molecule has 0 saturated heterocycles. The topological polar surface area (TPSA) is 0 Å². The molecule has 126 valence electrons. The van der Waals surface area contributed by atoms with Crippen LogP contribution in [0.1, 0.15) is 25.7 Å². The fourth-order valence-corrected chi connectivity index (χ4v) is 11.3. The van der Waals surface area contributed by atoms with Crippen molar-refractivity contribution in [3.63, 3.8) is 0 Å². The summed E-state index contributed by atoms with van der Waals surface area (Å²) in [6.45, 7) is 2.66. The lowest BCUT2D eigenvalue weighted by molar-refractivity contribution is 0.472. The highest BCUT2D eigenvalue weighted by molar-refractivity contribution is 7.03. The van der Waals surface area contributed by atoms with Crippen LogP contribution < -0.4 is 10.4 Å². The molecule has 5 rings (SSSR count). The van der Waals surface area contributed by atoms with E-state index in [4.69, 9.17) is 0 Å². The first-order valence-electron chi connectivity index (χ1n) is 9.80. The first-order valence-corrected chi connectivity index (χ1v) is 12.4. The van der Waals surface area contributed by atoms with Gasteiger partial charge in [-0.2, -0.15) is 0 Å². The van der Waals surface area contributed by atoms with Gasteiger partial charge in [0.25, 0.3) is 0 Å². The van der Waals surface area contributed by atoms with Crippen molar-refractivity contribution < 1.29 is 0 Å². The van der Waals surface area contributed by atoms with Gasteiger partial charge < -0.3 is 0 Å². The zero-order chi connectivity index (χ0) is 16.9. The molecule has 2 bridgehead atoms. The zero-order valence-corrected chi connectivity index (χ0v) is 16.0. The summed E-state index contributed by atoms with van der Waals surface area (Å²) in [5, 5.41) is 6.18. The summed E-state index contributed by atoms with van der Waals surface area (Å²) in [7, 11) is -1.79. The van der Waals surface area contributed by atoms with Crippen molar-refractivity contribution in [3.8, 4) is 0 Å². The van der Waals surface area contributed by atoms with Crippen molar-refractivity contribution in [3.05, 3.63) is 72.8 Å². The van der Waals surface area contributed by atoms with Crippen LogP contribution in [0, 0.1) is 11.8 Å². The van der Waals surface area contributed by atoms with Gasteiger partial charge in [-0.25, -0.2) is 0 Å². The van der Waals surface area contributed by atoms with Crippen LogP contribution in [0.3, 0.4) is 0 Å². The van der Waals surface area contributed by atoms with Crippen molar-refractivity contribution in [1.82, 2.24) is 0 Å². The summed E-state index contributed by atoms with van der Waals surface area (Å²) in [4.78, 5) is 0. The quantitative estimate of drug-likeness (QED) is 0.572. The van der Waals surface area contributed by atoms with Crippen LogP contribution in [0.15, 0.2) is 72.8 Å². The van der Waals surface area contributed by atoms with E-state index in [0.29, 0.717) is 0 Å². The van der Waals surface area contributed by atoms with Gasteiger partial charge in [-0.3, -0.25) is 0 Å². The summed E-state index contributed by atoms with van der Waals surface area (Å²) in [6.07, 6.45) is 5.90. The SMILES string of the molecule is C[Si@@](c1ccccc1)(c1cccc2ccccc12)C1CC2CCC1C2.